The molecular weight excluding hydrogens is 360 g/mol. The molecule has 0 N–H and O–H groups in total. The molecule has 4 nitrogen and oxygen atoms in total. The Morgan fingerprint density at radius 3 is 1.34 bits per heavy atom. The molecule has 0 saturated heterocycles. The third-order valence-electron chi connectivity index (χ3n) is 5.23. The van der Waals surface area contributed by atoms with Crippen molar-refractivity contribution in [2.45, 2.75) is 5.92 Å². The second-order valence-electron chi connectivity index (χ2n) is 7.52. The highest BCUT2D eigenvalue weighted by atomic mass is 16.5. The molecule has 4 heteroatoms. The van der Waals surface area contributed by atoms with Crippen molar-refractivity contribution < 1.29 is 9.47 Å². The molecule has 0 amide bonds. The van der Waals surface area contributed by atoms with Crippen LogP contribution in [-0.4, -0.2) is 42.4 Å². The number of hydrogen-bond acceptors (Lipinski definition) is 4. The summed E-state index contributed by atoms with van der Waals surface area (Å²) in [5, 5.41) is 0. The molecule has 0 heterocycles. The van der Waals surface area contributed by atoms with Gasteiger partial charge in [-0.3, -0.25) is 0 Å². The molecular formula is C25H30N2O2. The molecule has 0 radical (unpaired) electrons. The summed E-state index contributed by atoms with van der Waals surface area (Å²) in [7, 11) is 11.6. The number of benzene rings is 3. The molecule has 0 atom stereocenters. The molecule has 0 bridgehead atoms. The van der Waals surface area contributed by atoms with Gasteiger partial charge in [0, 0.05) is 45.5 Å². The zero-order chi connectivity index (χ0) is 21.0. The number of rotatable bonds is 7. The molecule has 0 aliphatic heterocycles. The van der Waals surface area contributed by atoms with Gasteiger partial charge in [0.25, 0.3) is 0 Å². The van der Waals surface area contributed by atoms with Crippen molar-refractivity contribution in [3.8, 4) is 11.5 Å². The van der Waals surface area contributed by atoms with Gasteiger partial charge in [-0.2, -0.15) is 0 Å². The molecule has 3 aromatic carbocycles. The van der Waals surface area contributed by atoms with Crippen molar-refractivity contribution in [1.29, 1.82) is 0 Å². The lowest BCUT2D eigenvalue weighted by molar-refractivity contribution is 0.354. The average Bonchev–Trinajstić information content (AvgIpc) is 2.74. The first-order chi connectivity index (χ1) is 13.9. The summed E-state index contributed by atoms with van der Waals surface area (Å²) in [6.07, 6.45) is 0. The first kappa shape index (κ1) is 20.6. The molecule has 0 spiro atoms. The fourth-order valence-electron chi connectivity index (χ4n) is 3.54. The molecule has 29 heavy (non-hydrogen) atoms. The molecule has 0 aromatic heterocycles. The van der Waals surface area contributed by atoms with E-state index in [1.165, 1.54) is 22.5 Å². The van der Waals surface area contributed by atoms with Gasteiger partial charge in [0.15, 0.2) is 11.5 Å². The molecule has 3 aromatic rings. The van der Waals surface area contributed by atoms with Crippen molar-refractivity contribution >= 4 is 11.4 Å². The Morgan fingerprint density at radius 2 is 0.966 bits per heavy atom. The molecule has 0 aliphatic carbocycles. The number of ether oxygens (including phenoxy) is 2. The van der Waals surface area contributed by atoms with Gasteiger partial charge >= 0.3 is 0 Å². The summed E-state index contributed by atoms with van der Waals surface area (Å²) in [4.78, 5) is 4.22. The van der Waals surface area contributed by atoms with E-state index < -0.39 is 0 Å². The monoisotopic (exact) mass is 390 g/mol. The summed E-state index contributed by atoms with van der Waals surface area (Å²) in [5.41, 5.74) is 6.00. The van der Waals surface area contributed by atoms with Crippen LogP contribution in [0.2, 0.25) is 0 Å². The number of nitrogens with zero attached hydrogens (tertiary/aromatic N) is 2. The normalized spacial score (nSPS) is 10.7. The van der Waals surface area contributed by atoms with E-state index in [4.69, 9.17) is 9.47 Å². The van der Waals surface area contributed by atoms with Gasteiger partial charge in [-0.05, 0) is 53.1 Å². The Balaban J connectivity index is 2.10. The van der Waals surface area contributed by atoms with E-state index in [1.54, 1.807) is 14.2 Å². The van der Waals surface area contributed by atoms with Crippen LogP contribution >= 0.6 is 0 Å². The molecule has 0 saturated carbocycles. The number of hydrogen-bond donors (Lipinski definition) is 0. The highest BCUT2D eigenvalue weighted by Crippen LogP contribution is 2.38. The molecule has 152 valence electrons. The third kappa shape index (κ3) is 4.48. The summed E-state index contributed by atoms with van der Waals surface area (Å²) in [5.74, 6) is 1.58. The van der Waals surface area contributed by atoms with Crippen LogP contribution in [0.4, 0.5) is 11.4 Å². The minimum absolute atomic E-state index is 0.0993. The van der Waals surface area contributed by atoms with Crippen LogP contribution in [0.1, 0.15) is 22.6 Å². The Kier molecular flexibility index (Phi) is 6.32. The molecule has 3 rings (SSSR count). The SMILES string of the molecule is COc1ccc(C(c2ccc(N(C)C)cc2)c2ccc(N(C)C)cc2)cc1OC. The van der Waals surface area contributed by atoms with Gasteiger partial charge in [-0.25, -0.2) is 0 Å². The molecule has 0 unspecified atom stereocenters. The van der Waals surface area contributed by atoms with Crippen molar-refractivity contribution in [3.05, 3.63) is 83.4 Å². The van der Waals surface area contributed by atoms with Crippen LogP contribution in [-0.2, 0) is 0 Å². The fraction of sp³-hybridized carbons (Fsp3) is 0.280. The van der Waals surface area contributed by atoms with Gasteiger partial charge in [-0.1, -0.05) is 30.3 Å². The van der Waals surface area contributed by atoms with Gasteiger partial charge in [0.05, 0.1) is 14.2 Å². The standard InChI is InChI=1S/C25H30N2O2/c1-26(2)21-12-7-18(8-13-21)25(19-9-14-22(15-10-19)27(3)4)20-11-16-23(28-5)24(17-20)29-6/h7-17,25H,1-6H3. The smallest absolute Gasteiger partial charge is 0.161 e. The van der Waals surface area contributed by atoms with E-state index in [1.807, 2.05) is 6.07 Å². The van der Waals surface area contributed by atoms with E-state index in [-0.39, 0.29) is 5.92 Å². The Hall–Kier alpha value is -3.14. The van der Waals surface area contributed by atoms with Crippen LogP contribution in [0, 0.1) is 0 Å². The largest absolute Gasteiger partial charge is 0.493 e. The zero-order valence-corrected chi connectivity index (χ0v) is 18.1. The van der Waals surface area contributed by atoms with Gasteiger partial charge < -0.3 is 19.3 Å². The highest BCUT2D eigenvalue weighted by Gasteiger charge is 2.19. The third-order valence-corrected chi connectivity index (χ3v) is 5.23. The van der Waals surface area contributed by atoms with Crippen molar-refractivity contribution in [3.63, 3.8) is 0 Å². The number of anilines is 2. The van der Waals surface area contributed by atoms with E-state index in [2.05, 4.69) is 98.7 Å². The Bertz CT molecular complexity index is 881. The van der Waals surface area contributed by atoms with Crippen LogP contribution in [0.3, 0.4) is 0 Å². The van der Waals surface area contributed by atoms with Crippen molar-refractivity contribution in [1.82, 2.24) is 0 Å². The van der Waals surface area contributed by atoms with Crippen LogP contribution in [0.25, 0.3) is 0 Å². The van der Waals surface area contributed by atoms with Crippen LogP contribution < -0.4 is 19.3 Å². The maximum atomic E-state index is 5.56. The highest BCUT2D eigenvalue weighted by molar-refractivity contribution is 5.55. The molecule has 0 aliphatic rings. The van der Waals surface area contributed by atoms with E-state index >= 15 is 0 Å². The second-order valence-corrected chi connectivity index (χ2v) is 7.52. The summed E-state index contributed by atoms with van der Waals surface area (Å²) < 4.78 is 11.0. The predicted octanol–water partition coefficient (Wildman–Crippen LogP) is 5.02. The maximum Gasteiger partial charge on any atom is 0.161 e. The van der Waals surface area contributed by atoms with Crippen molar-refractivity contribution in [2.75, 3.05) is 52.2 Å². The topological polar surface area (TPSA) is 24.9 Å². The summed E-state index contributed by atoms with van der Waals surface area (Å²) in [6, 6.07) is 23.6. The van der Waals surface area contributed by atoms with Gasteiger partial charge in [0.2, 0.25) is 0 Å². The zero-order valence-electron chi connectivity index (χ0n) is 18.1. The van der Waals surface area contributed by atoms with Crippen molar-refractivity contribution in [2.24, 2.45) is 0 Å². The van der Waals surface area contributed by atoms with Gasteiger partial charge in [0.1, 0.15) is 0 Å². The lowest BCUT2D eigenvalue weighted by atomic mass is 9.85. The summed E-state index contributed by atoms with van der Waals surface area (Å²) in [6.45, 7) is 0. The van der Waals surface area contributed by atoms with Crippen LogP contribution in [0.5, 0.6) is 11.5 Å². The number of methoxy groups -OCH3 is 2. The minimum atomic E-state index is 0.0993. The minimum Gasteiger partial charge on any atom is -0.493 e. The van der Waals surface area contributed by atoms with Crippen LogP contribution in [0.15, 0.2) is 66.7 Å². The first-order valence-electron chi connectivity index (χ1n) is 9.71. The van der Waals surface area contributed by atoms with Gasteiger partial charge in [-0.15, -0.1) is 0 Å². The van der Waals surface area contributed by atoms with E-state index in [9.17, 15) is 0 Å². The Labute approximate surface area is 174 Å². The second kappa shape index (κ2) is 8.91. The maximum absolute atomic E-state index is 5.56. The quantitative estimate of drug-likeness (QED) is 0.529. The fourth-order valence-corrected chi connectivity index (χ4v) is 3.54. The lowest BCUT2D eigenvalue weighted by Crippen LogP contribution is -2.10. The first-order valence-corrected chi connectivity index (χ1v) is 9.71. The predicted molar refractivity (Wildman–Crippen MR) is 122 cm³/mol. The Morgan fingerprint density at radius 1 is 0.552 bits per heavy atom. The van der Waals surface area contributed by atoms with E-state index in [0.29, 0.717) is 0 Å². The summed E-state index contributed by atoms with van der Waals surface area (Å²) >= 11 is 0. The van der Waals surface area contributed by atoms with E-state index in [0.717, 1.165) is 17.1 Å². The lowest BCUT2D eigenvalue weighted by Gasteiger charge is -2.22. The average molecular weight is 391 g/mol. The molecule has 0 fully saturated rings.